The number of hydrogen-bond donors (Lipinski definition) is 1. The number of thiazole rings is 1. The molecule has 2 aromatic carbocycles. The van der Waals surface area contributed by atoms with Gasteiger partial charge in [0.25, 0.3) is 0 Å². The van der Waals surface area contributed by atoms with E-state index < -0.39 is 17.8 Å². The van der Waals surface area contributed by atoms with Crippen molar-refractivity contribution in [2.75, 3.05) is 56.7 Å². The summed E-state index contributed by atoms with van der Waals surface area (Å²) >= 11 is 1.51. The number of methoxy groups -OCH3 is 1. The van der Waals surface area contributed by atoms with E-state index in [2.05, 4.69) is 31.2 Å². The van der Waals surface area contributed by atoms with Crippen LogP contribution >= 0.6 is 11.3 Å². The molecule has 1 fully saturated rings. The minimum atomic E-state index is -0.630. The molecular formula is C36H39N7O7S. The van der Waals surface area contributed by atoms with Crippen molar-refractivity contribution in [1.29, 1.82) is 0 Å². The summed E-state index contributed by atoms with van der Waals surface area (Å²) in [5, 5.41) is 3.51. The number of ether oxygens (including phenoxy) is 5. The van der Waals surface area contributed by atoms with Crippen molar-refractivity contribution >= 4 is 56.3 Å². The van der Waals surface area contributed by atoms with E-state index in [1.54, 1.807) is 30.5 Å². The Bertz CT molecular complexity index is 2110. The van der Waals surface area contributed by atoms with E-state index in [1.807, 2.05) is 52.8 Å². The van der Waals surface area contributed by atoms with Gasteiger partial charge in [-0.15, -0.1) is 11.3 Å². The number of nitrogens with one attached hydrogen (secondary N) is 1. The second-order valence-electron chi connectivity index (χ2n) is 13.4. The molecule has 1 atom stereocenters. The SMILES string of the molecule is COc1cnc2c(-c3nc4c(C)cc5c(c4s3)OCC(COC(=O)Nc3ccc(N4CCN(C(=O)OC(C)(C)C)CC4)nc3)O5)cc(C)cc2n1. The maximum absolute atomic E-state index is 12.7. The lowest BCUT2D eigenvalue weighted by Gasteiger charge is -2.36. The Morgan fingerprint density at radius 3 is 2.55 bits per heavy atom. The van der Waals surface area contributed by atoms with Crippen molar-refractivity contribution in [2.45, 2.75) is 46.3 Å². The monoisotopic (exact) mass is 713 g/mol. The van der Waals surface area contributed by atoms with Gasteiger partial charge in [0.1, 0.15) is 34.3 Å². The van der Waals surface area contributed by atoms with Crippen LogP contribution in [0.5, 0.6) is 17.4 Å². The number of fused-ring (bicyclic) bond motifs is 4. The molecule has 0 saturated carbocycles. The zero-order valence-electron chi connectivity index (χ0n) is 29.3. The molecule has 5 aromatic rings. The highest BCUT2D eigenvalue weighted by Gasteiger charge is 2.29. The zero-order chi connectivity index (χ0) is 35.9. The number of piperazine rings is 1. The first kappa shape index (κ1) is 34.0. The van der Waals surface area contributed by atoms with E-state index in [-0.39, 0.29) is 19.3 Å². The first-order valence-electron chi connectivity index (χ1n) is 16.6. The third kappa shape index (κ3) is 7.38. The summed E-state index contributed by atoms with van der Waals surface area (Å²) in [4.78, 5) is 47.5. The van der Waals surface area contributed by atoms with E-state index in [9.17, 15) is 9.59 Å². The van der Waals surface area contributed by atoms with Crippen LogP contribution in [0.25, 0.3) is 31.8 Å². The second-order valence-corrected chi connectivity index (χ2v) is 14.4. The molecule has 1 saturated heterocycles. The van der Waals surface area contributed by atoms with Crippen molar-refractivity contribution in [1.82, 2.24) is 24.8 Å². The minimum Gasteiger partial charge on any atom is -0.484 e. The van der Waals surface area contributed by atoms with Crippen LogP contribution in [-0.2, 0) is 9.47 Å². The molecule has 15 heteroatoms. The fraction of sp³-hybridized carbons (Fsp3) is 0.389. The number of rotatable bonds is 6. The van der Waals surface area contributed by atoms with Crippen LogP contribution in [-0.4, -0.2) is 95.2 Å². The summed E-state index contributed by atoms with van der Waals surface area (Å²) in [6.45, 7) is 12.0. The van der Waals surface area contributed by atoms with Gasteiger partial charge in [0, 0.05) is 31.7 Å². The molecule has 3 aromatic heterocycles. The summed E-state index contributed by atoms with van der Waals surface area (Å²) in [5.74, 6) is 2.39. The van der Waals surface area contributed by atoms with Crippen molar-refractivity contribution in [3.63, 3.8) is 0 Å². The number of nitrogens with zero attached hydrogens (tertiary/aromatic N) is 6. The number of amides is 2. The normalized spacial score (nSPS) is 15.9. The topological polar surface area (TPSA) is 150 Å². The van der Waals surface area contributed by atoms with Crippen LogP contribution in [0.2, 0.25) is 0 Å². The molecular weight excluding hydrogens is 675 g/mol. The summed E-state index contributed by atoms with van der Waals surface area (Å²) in [5.41, 5.74) is 5.10. The minimum absolute atomic E-state index is 0.0127. The number of anilines is 2. The number of hydrogen-bond acceptors (Lipinski definition) is 13. The van der Waals surface area contributed by atoms with Gasteiger partial charge in [-0.1, -0.05) is 0 Å². The summed E-state index contributed by atoms with van der Waals surface area (Å²) in [7, 11) is 1.57. The lowest BCUT2D eigenvalue weighted by atomic mass is 10.1. The Morgan fingerprint density at radius 2 is 1.82 bits per heavy atom. The first-order valence-corrected chi connectivity index (χ1v) is 17.4. The quantitative estimate of drug-likeness (QED) is 0.208. The van der Waals surface area contributed by atoms with Gasteiger partial charge in [0.05, 0.1) is 41.7 Å². The average Bonchev–Trinajstić information content (AvgIpc) is 3.56. The lowest BCUT2D eigenvalue weighted by Crippen LogP contribution is -2.50. The fourth-order valence-electron chi connectivity index (χ4n) is 5.92. The molecule has 2 aliphatic heterocycles. The van der Waals surface area contributed by atoms with Gasteiger partial charge >= 0.3 is 12.2 Å². The molecule has 0 spiro atoms. The van der Waals surface area contributed by atoms with Crippen LogP contribution in [0.1, 0.15) is 31.9 Å². The van der Waals surface area contributed by atoms with Crippen molar-refractivity contribution < 1.29 is 33.3 Å². The van der Waals surface area contributed by atoms with Gasteiger partial charge in [0.2, 0.25) is 5.88 Å². The number of pyridine rings is 1. The smallest absolute Gasteiger partial charge is 0.411 e. The maximum atomic E-state index is 12.7. The number of aryl methyl sites for hydroxylation is 2. The number of carbonyl (C=O) groups excluding carboxylic acids is 2. The van der Waals surface area contributed by atoms with Gasteiger partial charge < -0.3 is 33.5 Å². The Hall–Kier alpha value is -5.44. The predicted octanol–water partition coefficient (Wildman–Crippen LogP) is 6.37. The lowest BCUT2D eigenvalue weighted by molar-refractivity contribution is 0.0240. The predicted molar refractivity (Wildman–Crippen MR) is 193 cm³/mol. The molecule has 266 valence electrons. The molecule has 14 nitrogen and oxygen atoms in total. The van der Waals surface area contributed by atoms with E-state index in [0.29, 0.717) is 49.2 Å². The summed E-state index contributed by atoms with van der Waals surface area (Å²) < 4.78 is 29.6. The van der Waals surface area contributed by atoms with E-state index in [4.69, 9.17) is 28.7 Å². The first-order chi connectivity index (χ1) is 24.4. The van der Waals surface area contributed by atoms with E-state index >= 15 is 0 Å². The molecule has 7 rings (SSSR count). The van der Waals surface area contributed by atoms with Crippen LogP contribution in [0.4, 0.5) is 21.1 Å². The highest BCUT2D eigenvalue weighted by Crippen LogP contribution is 2.46. The van der Waals surface area contributed by atoms with Crippen LogP contribution in [0, 0.1) is 13.8 Å². The number of benzene rings is 2. The maximum Gasteiger partial charge on any atom is 0.411 e. The number of carbonyl (C=O) groups is 2. The van der Waals surface area contributed by atoms with Gasteiger partial charge in [-0.3, -0.25) is 5.32 Å². The van der Waals surface area contributed by atoms with Gasteiger partial charge in [-0.05, 0) is 76.1 Å². The van der Waals surface area contributed by atoms with Crippen molar-refractivity contribution in [2.24, 2.45) is 0 Å². The molecule has 2 aliphatic rings. The Balaban J connectivity index is 0.954. The molecule has 0 aliphatic carbocycles. The van der Waals surface area contributed by atoms with Gasteiger partial charge in [-0.25, -0.2) is 29.5 Å². The van der Waals surface area contributed by atoms with Crippen molar-refractivity contribution in [3.05, 3.63) is 53.9 Å². The Kier molecular flexibility index (Phi) is 9.14. The molecule has 51 heavy (non-hydrogen) atoms. The zero-order valence-corrected chi connectivity index (χ0v) is 30.1. The van der Waals surface area contributed by atoms with Gasteiger partial charge in [-0.2, -0.15) is 0 Å². The fourth-order valence-corrected chi connectivity index (χ4v) is 7.07. The third-order valence-electron chi connectivity index (χ3n) is 8.34. The molecule has 0 radical (unpaired) electrons. The summed E-state index contributed by atoms with van der Waals surface area (Å²) in [6, 6.07) is 9.52. The molecule has 1 N–H and O–H groups in total. The van der Waals surface area contributed by atoms with E-state index in [1.165, 1.54) is 11.3 Å². The third-order valence-corrected chi connectivity index (χ3v) is 9.43. The molecule has 2 amide bonds. The highest BCUT2D eigenvalue weighted by atomic mass is 32.1. The second kappa shape index (κ2) is 13.7. The van der Waals surface area contributed by atoms with Crippen LogP contribution in [0.3, 0.4) is 0 Å². The highest BCUT2D eigenvalue weighted by molar-refractivity contribution is 7.22. The van der Waals surface area contributed by atoms with Gasteiger partial charge in [0.15, 0.2) is 17.6 Å². The molecule has 5 heterocycles. The van der Waals surface area contributed by atoms with Crippen LogP contribution in [0.15, 0.2) is 42.7 Å². The summed E-state index contributed by atoms with van der Waals surface area (Å²) in [6.07, 6.45) is 1.74. The molecule has 0 bridgehead atoms. The Labute approximate surface area is 298 Å². The van der Waals surface area contributed by atoms with E-state index in [0.717, 1.165) is 48.8 Å². The van der Waals surface area contributed by atoms with Crippen LogP contribution < -0.4 is 24.4 Å². The molecule has 1 unspecified atom stereocenters. The standard InChI is InChI=1S/C36H39N7O7S/c1-20-13-24(30-25(14-20)40-28(46-6)17-38-30)33-41-29-21(2)15-26-31(32(29)51-33)47-18-23(49-26)19-48-34(44)39-22-7-8-27(37-16-22)42-9-11-43(12-10-42)35(45)50-36(3,4)5/h7-8,13-17,23H,9-12,18-19H2,1-6H3,(H,39,44). The van der Waals surface area contributed by atoms with Crippen molar-refractivity contribution in [3.8, 4) is 28.0 Å². The Morgan fingerprint density at radius 1 is 1.02 bits per heavy atom. The average molecular weight is 714 g/mol. The largest absolute Gasteiger partial charge is 0.484 e. The number of aromatic nitrogens is 4.